The molecule has 0 spiro atoms. The van der Waals surface area contributed by atoms with E-state index in [1.165, 1.54) is 11.0 Å². The van der Waals surface area contributed by atoms with Crippen LogP contribution in [0.4, 0.5) is 34.1 Å². The number of rotatable bonds is 6. The number of halogens is 4. The van der Waals surface area contributed by atoms with E-state index in [1.807, 2.05) is 15.7 Å². The van der Waals surface area contributed by atoms with Gasteiger partial charge in [0.2, 0.25) is 0 Å². The number of piperidine rings is 3. The van der Waals surface area contributed by atoms with Gasteiger partial charge in [0, 0.05) is 50.6 Å². The number of nitrogen functional groups attached to an aromatic ring is 1. The van der Waals surface area contributed by atoms with Crippen molar-refractivity contribution in [3.63, 3.8) is 0 Å². The number of hydrogen-bond donors (Lipinski definition) is 2. The number of nitrogens with two attached hydrogens (primary N) is 1. The van der Waals surface area contributed by atoms with Gasteiger partial charge in [-0.05, 0) is 106 Å². The summed E-state index contributed by atoms with van der Waals surface area (Å²) in [4.78, 5) is 47.8. The average Bonchev–Trinajstić information content (AvgIpc) is 3.45. The number of benzene rings is 1. The zero-order valence-corrected chi connectivity index (χ0v) is 29.2. The van der Waals surface area contributed by atoms with Gasteiger partial charge in [0.05, 0.1) is 22.0 Å². The fourth-order valence-corrected chi connectivity index (χ4v) is 8.84. The van der Waals surface area contributed by atoms with Crippen molar-refractivity contribution in [2.45, 2.75) is 69.7 Å². The number of urea groups is 1. The van der Waals surface area contributed by atoms with Crippen LogP contribution in [-0.4, -0.2) is 103 Å². The molecule has 6 rings (SSSR count). The van der Waals surface area contributed by atoms with E-state index in [4.69, 9.17) is 22.1 Å². The van der Waals surface area contributed by atoms with E-state index in [0.29, 0.717) is 57.4 Å². The Kier molecular flexibility index (Phi) is 10.9. The van der Waals surface area contributed by atoms with Crippen LogP contribution in [0.25, 0.3) is 0 Å². The molecule has 4 aliphatic rings. The molecule has 4 aliphatic heterocycles. The van der Waals surface area contributed by atoms with Crippen LogP contribution in [0.3, 0.4) is 0 Å². The summed E-state index contributed by atoms with van der Waals surface area (Å²) in [5, 5.41) is 6.66. The first-order valence-corrected chi connectivity index (χ1v) is 18.4. The Morgan fingerprint density at radius 3 is 2.27 bits per heavy atom. The molecule has 1 atom stereocenters. The zero-order chi connectivity index (χ0) is 34.9. The molecule has 4 amide bonds. The molecule has 49 heavy (non-hydrogen) atoms. The molecule has 268 valence electrons. The molecule has 3 saturated heterocycles. The molecule has 0 unspecified atom stereocenters. The molecule has 3 N–H and O–H groups in total. The first kappa shape index (κ1) is 35.6. The summed E-state index contributed by atoms with van der Waals surface area (Å²) < 4.78 is 47.2. The summed E-state index contributed by atoms with van der Waals surface area (Å²) >= 11 is 7.66. The Labute approximate surface area is 293 Å². The van der Waals surface area contributed by atoms with Crippen LogP contribution < -0.4 is 11.1 Å². The molecule has 1 aromatic heterocycles. The standard InChI is InChI=1S/C34H44ClF3N6O4S/c1-41-9-2-22(3-10-41)23-4-11-42(12-5-23)31(45)29(18-21-16-26(34(36,37)38)30(39)27(35)17-21)48-33(47)43-13-7-25(8-14-43)44-15-6-24-19-49-20-28(24)40-32(44)46/h16-17,19-20,22-23,25,29H,2-15,18,39H2,1H3,(H,40,46)/t29-/m1/s1. The van der Waals surface area contributed by atoms with E-state index < -0.39 is 35.5 Å². The Morgan fingerprint density at radius 2 is 1.61 bits per heavy atom. The molecule has 10 nitrogen and oxygen atoms in total. The number of alkyl halides is 3. The lowest BCUT2D eigenvalue weighted by atomic mass is 9.79. The highest BCUT2D eigenvalue weighted by atomic mass is 35.5. The smallest absolute Gasteiger partial charge is 0.418 e. The lowest BCUT2D eigenvalue weighted by Crippen LogP contribution is -2.52. The number of amides is 4. The molecule has 5 heterocycles. The van der Waals surface area contributed by atoms with Gasteiger partial charge in [-0.15, -0.1) is 11.3 Å². The average molecular weight is 725 g/mol. The van der Waals surface area contributed by atoms with Gasteiger partial charge in [-0.3, -0.25) is 4.79 Å². The summed E-state index contributed by atoms with van der Waals surface area (Å²) in [5.74, 6) is 0.680. The summed E-state index contributed by atoms with van der Waals surface area (Å²) in [6.07, 6.45) is -1.38. The highest BCUT2D eigenvalue weighted by Gasteiger charge is 2.38. The van der Waals surface area contributed by atoms with Gasteiger partial charge < -0.3 is 35.4 Å². The molecule has 2 aromatic rings. The Hall–Kier alpha value is -3.23. The minimum atomic E-state index is -4.75. The molecular weight excluding hydrogens is 681 g/mol. The summed E-state index contributed by atoms with van der Waals surface area (Å²) in [6, 6.07) is 1.93. The highest BCUT2D eigenvalue weighted by molar-refractivity contribution is 7.08. The van der Waals surface area contributed by atoms with Crippen LogP contribution in [0.15, 0.2) is 22.9 Å². The second-order valence-corrected chi connectivity index (χ2v) is 15.0. The van der Waals surface area contributed by atoms with Crippen molar-refractivity contribution in [3.05, 3.63) is 44.6 Å². The van der Waals surface area contributed by atoms with Crippen LogP contribution in [-0.2, 0) is 28.5 Å². The lowest BCUT2D eigenvalue weighted by molar-refractivity contribution is -0.142. The Bertz CT molecular complexity index is 1520. The van der Waals surface area contributed by atoms with E-state index >= 15 is 0 Å². The number of carbonyl (C=O) groups is 3. The van der Waals surface area contributed by atoms with Crippen molar-refractivity contribution in [3.8, 4) is 0 Å². The van der Waals surface area contributed by atoms with Gasteiger partial charge >= 0.3 is 18.3 Å². The van der Waals surface area contributed by atoms with Crippen LogP contribution in [0.2, 0.25) is 5.02 Å². The maximum Gasteiger partial charge on any atom is 0.418 e. The van der Waals surface area contributed by atoms with Gasteiger partial charge in [-0.25, -0.2) is 9.59 Å². The molecule has 1 aromatic carbocycles. The number of anilines is 2. The monoisotopic (exact) mass is 724 g/mol. The number of likely N-dealkylation sites (tertiary alicyclic amines) is 3. The zero-order valence-electron chi connectivity index (χ0n) is 27.6. The molecule has 15 heteroatoms. The number of ether oxygens (including phenoxy) is 1. The van der Waals surface area contributed by atoms with E-state index in [0.717, 1.165) is 62.5 Å². The number of fused-ring (bicyclic) bond motifs is 1. The lowest BCUT2D eigenvalue weighted by Gasteiger charge is -2.40. The van der Waals surface area contributed by atoms with E-state index in [2.05, 4.69) is 17.3 Å². The summed E-state index contributed by atoms with van der Waals surface area (Å²) in [7, 11) is 2.13. The minimum Gasteiger partial charge on any atom is -0.436 e. The summed E-state index contributed by atoms with van der Waals surface area (Å²) in [5.41, 5.74) is 6.00. The van der Waals surface area contributed by atoms with Gasteiger partial charge in [0.25, 0.3) is 5.91 Å². The van der Waals surface area contributed by atoms with E-state index in [-0.39, 0.29) is 29.1 Å². The predicted octanol–water partition coefficient (Wildman–Crippen LogP) is 6.19. The third-order valence-corrected chi connectivity index (χ3v) is 11.9. The molecule has 0 saturated carbocycles. The number of thiophene rings is 1. The second kappa shape index (κ2) is 14.9. The van der Waals surface area contributed by atoms with Crippen molar-refractivity contribution in [1.29, 1.82) is 0 Å². The topological polar surface area (TPSA) is 111 Å². The van der Waals surface area contributed by atoms with Crippen molar-refractivity contribution in [2.75, 3.05) is 63.9 Å². The number of nitrogens with zero attached hydrogens (tertiary/aromatic N) is 4. The van der Waals surface area contributed by atoms with Gasteiger partial charge in [0.1, 0.15) is 0 Å². The van der Waals surface area contributed by atoms with E-state index in [9.17, 15) is 27.6 Å². The quantitative estimate of drug-likeness (QED) is 0.344. The van der Waals surface area contributed by atoms with Crippen LogP contribution in [0.1, 0.15) is 55.2 Å². The van der Waals surface area contributed by atoms with Crippen LogP contribution in [0.5, 0.6) is 0 Å². The number of hydrogen-bond acceptors (Lipinski definition) is 7. The Morgan fingerprint density at radius 1 is 0.980 bits per heavy atom. The highest BCUT2D eigenvalue weighted by Crippen LogP contribution is 2.39. The van der Waals surface area contributed by atoms with Crippen molar-refractivity contribution >= 4 is 52.3 Å². The van der Waals surface area contributed by atoms with Gasteiger partial charge in [-0.1, -0.05) is 11.6 Å². The first-order valence-electron chi connectivity index (χ1n) is 17.1. The van der Waals surface area contributed by atoms with Gasteiger partial charge in [-0.2, -0.15) is 13.2 Å². The SMILES string of the molecule is CN1CCC(C2CCN(C(=O)[C@@H](Cc3cc(Cl)c(N)c(C(F)(F)F)c3)OC(=O)N3CCC(N4CCc5cscc5NC4=O)CC3)CC2)CC1. The van der Waals surface area contributed by atoms with Crippen LogP contribution in [0, 0.1) is 11.8 Å². The molecule has 0 aliphatic carbocycles. The maximum atomic E-state index is 14.0. The predicted molar refractivity (Wildman–Crippen MR) is 183 cm³/mol. The molecular formula is C34H44ClF3N6O4S. The fourth-order valence-electron chi connectivity index (χ4n) is 7.78. The second-order valence-electron chi connectivity index (χ2n) is 13.8. The normalized spacial score (nSPS) is 21.2. The largest absolute Gasteiger partial charge is 0.436 e. The molecule has 0 bridgehead atoms. The van der Waals surface area contributed by atoms with Crippen molar-refractivity contribution in [2.24, 2.45) is 11.8 Å². The fraction of sp³-hybridized carbons (Fsp3) is 0.618. The number of nitrogens with one attached hydrogen (secondary N) is 1. The number of carbonyl (C=O) groups excluding carboxylic acids is 3. The third kappa shape index (κ3) is 8.23. The van der Waals surface area contributed by atoms with Gasteiger partial charge in [0.15, 0.2) is 6.10 Å². The molecule has 0 radical (unpaired) electrons. The summed E-state index contributed by atoms with van der Waals surface area (Å²) in [6.45, 7) is 4.30. The maximum absolute atomic E-state index is 14.0. The minimum absolute atomic E-state index is 0.0715. The van der Waals surface area contributed by atoms with Crippen LogP contribution >= 0.6 is 22.9 Å². The first-order chi connectivity index (χ1) is 23.4. The van der Waals surface area contributed by atoms with Crippen molar-refractivity contribution < 1.29 is 32.3 Å². The Balaban J connectivity index is 1.12. The van der Waals surface area contributed by atoms with Crippen molar-refractivity contribution in [1.82, 2.24) is 19.6 Å². The molecule has 3 fully saturated rings. The third-order valence-electron chi connectivity index (χ3n) is 10.7. The van der Waals surface area contributed by atoms with E-state index in [1.54, 1.807) is 16.2 Å².